The lowest BCUT2D eigenvalue weighted by Crippen LogP contribution is -2.04. The zero-order chi connectivity index (χ0) is 15.6. The fourth-order valence-electron chi connectivity index (χ4n) is 1.55. The van der Waals surface area contributed by atoms with Gasteiger partial charge in [-0.1, -0.05) is 39.8 Å². The van der Waals surface area contributed by atoms with Gasteiger partial charge in [0.25, 0.3) is 0 Å². The Bertz CT molecular complexity index is 426. The lowest BCUT2D eigenvalue weighted by Gasteiger charge is -2.08. The van der Waals surface area contributed by atoms with Crippen molar-refractivity contribution in [1.82, 2.24) is 0 Å². The Kier molecular flexibility index (Phi) is 11.1. The highest BCUT2D eigenvalue weighted by Crippen LogP contribution is 2.18. The highest BCUT2D eigenvalue weighted by Gasteiger charge is 2.11. The molecule has 1 nitrogen and oxygen atoms in total. The number of allylic oxidation sites excluding steroid dienone is 2. The van der Waals surface area contributed by atoms with Crippen molar-refractivity contribution in [3.05, 3.63) is 46.0 Å². The van der Waals surface area contributed by atoms with Gasteiger partial charge in [-0.3, -0.25) is 4.79 Å². The molecule has 0 aromatic heterocycles. The maximum Gasteiger partial charge on any atom is 0.188 e. The van der Waals surface area contributed by atoms with Crippen molar-refractivity contribution in [2.45, 2.75) is 62.3 Å². The van der Waals surface area contributed by atoms with Gasteiger partial charge in [0.2, 0.25) is 0 Å². The summed E-state index contributed by atoms with van der Waals surface area (Å²) in [6.07, 6.45) is 1.86. The van der Waals surface area contributed by atoms with E-state index in [2.05, 4.69) is 13.0 Å². The van der Waals surface area contributed by atoms with Gasteiger partial charge in [0.05, 0.1) is 0 Å². The van der Waals surface area contributed by atoms with Gasteiger partial charge in [0.15, 0.2) is 5.78 Å². The van der Waals surface area contributed by atoms with E-state index in [-0.39, 0.29) is 5.78 Å². The molecule has 0 heterocycles. The molecule has 0 aliphatic carbocycles. The van der Waals surface area contributed by atoms with Crippen molar-refractivity contribution in [1.29, 1.82) is 0 Å². The number of rotatable bonds is 2. The van der Waals surface area contributed by atoms with Gasteiger partial charge in [0, 0.05) is 5.56 Å². The zero-order valence-electron chi connectivity index (χ0n) is 14.1. The van der Waals surface area contributed by atoms with Crippen molar-refractivity contribution in [3.8, 4) is 0 Å². The molecule has 0 saturated carbocycles. The van der Waals surface area contributed by atoms with Crippen LogP contribution in [0.2, 0.25) is 0 Å². The van der Waals surface area contributed by atoms with Crippen LogP contribution in [0.3, 0.4) is 0 Å². The monoisotopic (exact) mass is 262 g/mol. The molecule has 1 aromatic carbocycles. The van der Waals surface area contributed by atoms with Gasteiger partial charge in [-0.15, -0.1) is 0 Å². The van der Waals surface area contributed by atoms with Crippen LogP contribution in [0.25, 0.3) is 0 Å². The fraction of sp³-hybridized carbons (Fsp3) is 0.500. The van der Waals surface area contributed by atoms with Crippen LogP contribution in [-0.4, -0.2) is 5.78 Å². The number of Topliss-reactive ketones (excluding diaryl/α,β-unsaturated/α-hetero) is 1. The van der Waals surface area contributed by atoms with Crippen molar-refractivity contribution in [3.63, 3.8) is 0 Å². The predicted octanol–water partition coefficient (Wildman–Crippen LogP) is 5.81. The van der Waals surface area contributed by atoms with Gasteiger partial charge < -0.3 is 0 Å². The molecule has 0 fully saturated rings. The molecule has 0 spiro atoms. The van der Waals surface area contributed by atoms with Gasteiger partial charge in [-0.05, 0) is 62.9 Å². The maximum atomic E-state index is 12.0. The molecule has 0 aliphatic rings. The first-order valence-electron chi connectivity index (χ1n) is 7.22. The Balaban J connectivity index is 0. The summed E-state index contributed by atoms with van der Waals surface area (Å²) in [5, 5.41) is 0. The normalized spacial score (nSPS) is 9.84. The standard InChI is InChI=1S/C14H18O.2C2H6/c1-6-9(2)14(15)13-8-11(4)10(3)7-12(13)5;2*1-2/h6-8H,1-5H3;2*1-2H3/b9-6-;;. The molecule has 0 radical (unpaired) electrons. The van der Waals surface area contributed by atoms with E-state index in [9.17, 15) is 4.79 Å². The van der Waals surface area contributed by atoms with Crippen molar-refractivity contribution in [2.75, 3.05) is 0 Å². The smallest absolute Gasteiger partial charge is 0.188 e. The maximum absolute atomic E-state index is 12.0. The van der Waals surface area contributed by atoms with E-state index >= 15 is 0 Å². The van der Waals surface area contributed by atoms with Gasteiger partial charge >= 0.3 is 0 Å². The highest BCUT2D eigenvalue weighted by molar-refractivity contribution is 6.09. The summed E-state index contributed by atoms with van der Waals surface area (Å²) in [5.41, 5.74) is 5.11. The van der Waals surface area contributed by atoms with Gasteiger partial charge in [-0.2, -0.15) is 0 Å². The van der Waals surface area contributed by atoms with Crippen LogP contribution < -0.4 is 0 Å². The topological polar surface area (TPSA) is 17.1 Å². The Morgan fingerprint density at radius 2 is 1.32 bits per heavy atom. The molecular formula is C18H30O. The average Bonchev–Trinajstić information content (AvgIpc) is 2.45. The minimum absolute atomic E-state index is 0.137. The summed E-state index contributed by atoms with van der Waals surface area (Å²) in [6.45, 7) is 17.8. The molecule has 1 heteroatoms. The average molecular weight is 262 g/mol. The van der Waals surface area contributed by atoms with E-state index in [0.29, 0.717) is 0 Å². The van der Waals surface area contributed by atoms with Crippen LogP contribution in [0, 0.1) is 20.8 Å². The largest absolute Gasteiger partial charge is 0.289 e. The number of carbonyl (C=O) groups is 1. The second-order valence-electron chi connectivity index (χ2n) is 4.05. The highest BCUT2D eigenvalue weighted by atomic mass is 16.1. The first-order chi connectivity index (χ1) is 8.97. The number of ketones is 1. The van der Waals surface area contributed by atoms with Crippen LogP contribution in [0.1, 0.15) is 68.6 Å². The Labute approximate surface area is 119 Å². The molecule has 108 valence electrons. The number of hydrogen-bond acceptors (Lipinski definition) is 1. The summed E-state index contributed by atoms with van der Waals surface area (Å²) in [5.74, 6) is 0.137. The minimum Gasteiger partial charge on any atom is -0.289 e. The molecule has 0 amide bonds. The lowest BCUT2D eigenvalue weighted by molar-refractivity contribution is 0.103. The van der Waals surface area contributed by atoms with Crippen molar-refractivity contribution < 1.29 is 4.79 Å². The number of hydrogen-bond donors (Lipinski definition) is 0. The molecule has 0 aliphatic heterocycles. The molecule has 19 heavy (non-hydrogen) atoms. The van der Waals surface area contributed by atoms with Crippen LogP contribution in [0.4, 0.5) is 0 Å². The van der Waals surface area contributed by atoms with Crippen molar-refractivity contribution in [2.24, 2.45) is 0 Å². The Hall–Kier alpha value is -1.37. The summed E-state index contributed by atoms with van der Waals surface area (Å²) in [7, 11) is 0. The van der Waals surface area contributed by atoms with Crippen LogP contribution in [0.15, 0.2) is 23.8 Å². The zero-order valence-corrected chi connectivity index (χ0v) is 14.1. The second kappa shape index (κ2) is 10.5. The molecule has 0 saturated heterocycles. The Morgan fingerprint density at radius 3 is 1.74 bits per heavy atom. The Morgan fingerprint density at radius 1 is 0.895 bits per heavy atom. The van der Waals surface area contributed by atoms with E-state index in [1.165, 1.54) is 11.1 Å². The molecule has 0 unspecified atom stereocenters. The van der Waals surface area contributed by atoms with Crippen LogP contribution in [0.5, 0.6) is 0 Å². The molecule has 0 N–H and O–H groups in total. The third-order valence-corrected chi connectivity index (χ3v) is 2.88. The predicted molar refractivity (Wildman–Crippen MR) is 87.1 cm³/mol. The molecule has 1 aromatic rings. The quantitative estimate of drug-likeness (QED) is 0.485. The fourth-order valence-corrected chi connectivity index (χ4v) is 1.55. The lowest BCUT2D eigenvalue weighted by atomic mass is 9.95. The molecule has 0 bridgehead atoms. The van der Waals surface area contributed by atoms with E-state index in [4.69, 9.17) is 0 Å². The van der Waals surface area contributed by atoms with E-state index in [1.54, 1.807) is 0 Å². The van der Waals surface area contributed by atoms with Gasteiger partial charge in [0.1, 0.15) is 0 Å². The van der Waals surface area contributed by atoms with Crippen LogP contribution >= 0.6 is 0 Å². The van der Waals surface area contributed by atoms with Crippen LogP contribution in [-0.2, 0) is 0 Å². The number of aryl methyl sites for hydroxylation is 3. The number of benzene rings is 1. The summed E-state index contributed by atoms with van der Waals surface area (Å²) in [4.78, 5) is 12.0. The second-order valence-corrected chi connectivity index (χ2v) is 4.05. The molecule has 0 atom stereocenters. The van der Waals surface area contributed by atoms with Crippen molar-refractivity contribution >= 4 is 5.78 Å². The third-order valence-electron chi connectivity index (χ3n) is 2.88. The summed E-state index contributed by atoms with van der Waals surface area (Å²) < 4.78 is 0. The van der Waals surface area contributed by atoms with Gasteiger partial charge in [-0.25, -0.2) is 0 Å². The first kappa shape index (κ1) is 20.0. The van der Waals surface area contributed by atoms with E-state index in [1.807, 2.05) is 67.5 Å². The summed E-state index contributed by atoms with van der Waals surface area (Å²) in [6, 6.07) is 4.06. The third kappa shape index (κ3) is 5.87. The number of carbonyl (C=O) groups excluding carboxylic acids is 1. The molecule has 1 rings (SSSR count). The van der Waals surface area contributed by atoms with E-state index in [0.717, 1.165) is 16.7 Å². The first-order valence-corrected chi connectivity index (χ1v) is 7.22. The summed E-state index contributed by atoms with van der Waals surface area (Å²) >= 11 is 0. The van der Waals surface area contributed by atoms with E-state index < -0.39 is 0 Å². The SMILES string of the molecule is C/C=C(/C)C(=O)c1cc(C)c(C)cc1C.CC.CC. The molecular weight excluding hydrogens is 232 g/mol. The minimum atomic E-state index is 0.137.